The summed E-state index contributed by atoms with van der Waals surface area (Å²) in [5.74, 6) is -0.198. The van der Waals surface area contributed by atoms with Crippen LogP contribution < -0.4 is 10.6 Å². The largest absolute Gasteiger partial charge is 0.338 e. The van der Waals surface area contributed by atoms with Crippen molar-refractivity contribution in [2.45, 2.75) is 0 Å². The molecule has 0 unspecified atom stereocenters. The highest BCUT2D eigenvalue weighted by molar-refractivity contribution is 6.30. The molecule has 0 spiro atoms. The van der Waals surface area contributed by atoms with Crippen molar-refractivity contribution in [2.75, 3.05) is 10.6 Å². The van der Waals surface area contributed by atoms with Gasteiger partial charge in [0.15, 0.2) is 11.6 Å². The highest BCUT2D eigenvalue weighted by Crippen LogP contribution is 2.23. The van der Waals surface area contributed by atoms with Crippen molar-refractivity contribution in [3.05, 3.63) is 65.7 Å². The Morgan fingerprint density at radius 3 is 2.60 bits per heavy atom. The molecule has 0 atom stereocenters. The molecule has 124 valence electrons. The smallest absolute Gasteiger partial charge is 0.229 e. The summed E-state index contributed by atoms with van der Waals surface area (Å²) in [5, 5.41) is 14.4. The van der Waals surface area contributed by atoms with Crippen LogP contribution in [0.4, 0.5) is 27.5 Å². The van der Waals surface area contributed by atoms with Crippen molar-refractivity contribution in [2.24, 2.45) is 0 Å². The van der Waals surface area contributed by atoms with Gasteiger partial charge in [0.2, 0.25) is 5.95 Å². The van der Waals surface area contributed by atoms with Crippen molar-refractivity contribution >= 4 is 45.6 Å². The molecule has 0 aliphatic heterocycles. The van der Waals surface area contributed by atoms with E-state index in [-0.39, 0.29) is 11.8 Å². The fourth-order valence-electron chi connectivity index (χ4n) is 2.33. The average molecular weight is 355 g/mol. The number of benzene rings is 2. The Morgan fingerprint density at radius 1 is 0.960 bits per heavy atom. The lowest BCUT2D eigenvalue weighted by molar-refractivity contribution is 0.619. The van der Waals surface area contributed by atoms with Gasteiger partial charge in [0.1, 0.15) is 0 Å². The number of H-pyrrole nitrogens is 1. The molecule has 0 bridgehead atoms. The topological polar surface area (TPSA) is 78.5 Å². The number of nitrogens with one attached hydrogen (secondary N) is 3. The van der Waals surface area contributed by atoms with Gasteiger partial charge in [-0.25, -0.2) is 9.37 Å². The number of hydrogen-bond acceptors (Lipinski definition) is 5. The lowest BCUT2D eigenvalue weighted by atomic mass is 10.2. The van der Waals surface area contributed by atoms with Crippen LogP contribution in [-0.2, 0) is 0 Å². The molecule has 0 amide bonds. The fraction of sp³-hybridized carbons (Fsp3) is 0. The zero-order valence-electron chi connectivity index (χ0n) is 12.8. The second-order valence-electron chi connectivity index (χ2n) is 5.32. The van der Waals surface area contributed by atoms with Gasteiger partial charge < -0.3 is 10.6 Å². The summed E-state index contributed by atoms with van der Waals surface area (Å²) >= 11 is 5.85. The minimum atomic E-state index is -0.550. The summed E-state index contributed by atoms with van der Waals surface area (Å²) in [6.07, 6.45) is 2.84. The molecular weight excluding hydrogens is 343 g/mol. The number of nitrogens with zero attached hydrogens (tertiary/aromatic N) is 3. The molecule has 0 aliphatic carbocycles. The number of halogens is 2. The normalized spacial score (nSPS) is 10.8. The van der Waals surface area contributed by atoms with E-state index in [1.54, 1.807) is 30.5 Å². The third kappa shape index (κ3) is 3.36. The van der Waals surface area contributed by atoms with E-state index in [1.165, 1.54) is 0 Å². The van der Waals surface area contributed by atoms with E-state index in [9.17, 15) is 4.39 Å². The van der Waals surface area contributed by atoms with Gasteiger partial charge in [-0.15, -0.1) is 0 Å². The summed E-state index contributed by atoms with van der Waals surface area (Å²) in [5.41, 5.74) is 2.38. The van der Waals surface area contributed by atoms with Crippen molar-refractivity contribution in [1.29, 1.82) is 0 Å². The summed E-state index contributed by atoms with van der Waals surface area (Å²) in [6.45, 7) is 0. The lowest BCUT2D eigenvalue weighted by Crippen LogP contribution is -2.03. The molecule has 3 N–H and O–H groups in total. The highest BCUT2D eigenvalue weighted by Gasteiger charge is 2.08. The Kier molecular flexibility index (Phi) is 3.91. The first-order valence-corrected chi connectivity index (χ1v) is 7.80. The number of fused-ring (bicyclic) bond motifs is 1. The number of aromatic amines is 1. The molecule has 0 saturated heterocycles. The van der Waals surface area contributed by atoms with E-state index < -0.39 is 5.82 Å². The molecule has 25 heavy (non-hydrogen) atoms. The SMILES string of the molecule is Fc1cnc(Nc2ccc3[nH]ncc3c2)nc1Nc1ccc(Cl)cc1. The van der Waals surface area contributed by atoms with Crippen LogP contribution in [-0.4, -0.2) is 20.2 Å². The molecule has 0 aliphatic rings. The minimum absolute atomic E-state index is 0.0733. The first-order chi connectivity index (χ1) is 12.2. The number of aromatic nitrogens is 4. The summed E-state index contributed by atoms with van der Waals surface area (Å²) in [7, 11) is 0. The van der Waals surface area contributed by atoms with Gasteiger partial charge in [-0.2, -0.15) is 10.1 Å². The second-order valence-corrected chi connectivity index (χ2v) is 5.76. The summed E-state index contributed by atoms with van der Waals surface area (Å²) in [6, 6.07) is 12.6. The average Bonchev–Trinajstić information content (AvgIpc) is 3.07. The Morgan fingerprint density at radius 2 is 1.76 bits per heavy atom. The number of hydrogen-bond donors (Lipinski definition) is 3. The quantitative estimate of drug-likeness (QED) is 0.498. The van der Waals surface area contributed by atoms with Gasteiger partial charge in [0, 0.05) is 21.8 Å². The van der Waals surface area contributed by atoms with Crippen molar-refractivity contribution in [3.8, 4) is 0 Å². The van der Waals surface area contributed by atoms with E-state index in [0.29, 0.717) is 10.7 Å². The van der Waals surface area contributed by atoms with Crippen molar-refractivity contribution in [3.63, 3.8) is 0 Å². The Balaban J connectivity index is 1.58. The van der Waals surface area contributed by atoms with Gasteiger partial charge in [0.05, 0.1) is 17.9 Å². The predicted octanol–water partition coefficient (Wildman–Crippen LogP) is 4.63. The molecule has 8 heteroatoms. The molecule has 4 rings (SSSR count). The van der Waals surface area contributed by atoms with Crippen LogP contribution in [0.5, 0.6) is 0 Å². The van der Waals surface area contributed by atoms with Crippen LogP contribution in [0.15, 0.2) is 54.9 Å². The Bertz CT molecular complexity index is 1030. The molecular formula is C17H12ClFN6. The van der Waals surface area contributed by atoms with E-state index in [2.05, 4.69) is 30.8 Å². The van der Waals surface area contributed by atoms with Gasteiger partial charge in [0.25, 0.3) is 0 Å². The van der Waals surface area contributed by atoms with E-state index in [1.807, 2.05) is 18.2 Å². The molecule has 2 heterocycles. The van der Waals surface area contributed by atoms with E-state index in [4.69, 9.17) is 11.6 Å². The summed E-state index contributed by atoms with van der Waals surface area (Å²) in [4.78, 5) is 8.16. The molecule has 4 aromatic rings. The number of rotatable bonds is 4. The predicted molar refractivity (Wildman–Crippen MR) is 96.1 cm³/mol. The Labute approximate surface area is 147 Å². The standard InChI is InChI=1S/C17H12ClFN6/c18-11-1-3-12(4-2-11)22-16-14(19)9-20-17(24-16)23-13-5-6-15-10(7-13)8-21-25-15/h1-9H,(H,21,25)(H2,20,22,23,24). The Hall–Kier alpha value is -3.19. The highest BCUT2D eigenvalue weighted by atomic mass is 35.5. The van der Waals surface area contributed by atoms with Gasteiger partial charge in [-0.1, -0.05) is 11.6 Å². The van der Waals surface area contributed by atoms with Crippen molar-refractivity contribution < 1.29 is 4.39 Å². The fourth-order valence-corrected chi connectivity index (χ4v) is 2.46. The van der Waals surface area contributed by atoms with Crippen molar-refractivity contribution in [1.82, 2.24) is 20.2 Å². The second kappa shape index (κ2) is 6.37. The molecule has 2 aromatic carbocycles. The molecule has 6 nitrogen and oxygen atoms in total. The van der Waals surface area contributed by atoms with Gasteiger partial charge in [-0.05, 0) is 42.5 Å². The van der Waals surface area contributed by atoms with Crippen LogP contribution in [0.25, 0.3) is 10.9 Å². The first kappa shape index (κ1) is 15.3. The zero-order chi connectivity index (χ0) is 17.2. The van der Waals surface area contributed by atoms with Crippen LogP contribution in [0.2, 0.25) is 5.02 Å². The molecule has 0 saturated carbocycles. The van der Waals surface area contributed by atoms with E-state index in [0.717, 1.165) is 22.8 Å². The van der Waals surface area contributed by atoms with Crippen LogP contribution in [0, 0.1) is 5.82 Å². The summed E-state index contributed by atoms with van der Waals surface area (Å²) < 4.78 is 14.0. The zero-order valence-corrected chi connectivity index (χ0v) is 13.5. The first-order valence-electron chi connectivity index (χ1n) is 7.43. The van der Waals surface area contributed by atoms with Crippen LogP contribution in [0.3, 0.4) is 0 Å². The third-order valence-corrected chi connectivity index (χ3v) is 3.80. The monoisotopic (exact) mass is 354 g/mol. The maximum Gasteiger partial charge on any atom is 0.229 e. The van der Waals surface area contributed by atoms with Gasteiger partial charge >= 0.3 is 0 Å². The number of anilines is 4. The third-order valence-electron chi connectivity index (χ3n) is 3.55. The molecule has 0 fully saturated rings. The maximum absolute atomic E-state index is 14.0. The van der Waals surface area contributed by atoms with Crippen LogP contribution >= 0.6 is 11.6 Å². The maximum atomic E-state index is 14.0. The van der Waals surface area contributed by atoms with Gasteiger partial charge in [-0.3, -0.25) is 5.10 Å². The molecule has 2 aromatic heterocycles. The minimum Gasteiger partial charge on any atom is -0.338 e. The van der Waals surface area contributed by atoms with Crippen LogP contribution in [0.1, 0.15) is 0 Å². The molecule has 0 radical (unpaired) electrons. The lowest BCUT2D eigenvalue weighted by Gasteiger charge is -2.09. The van der Waals surface area contributed by atoms with E-state index >= 15 is 0 Å².